The van der Waals surface area contributed by atoms with Crippen molar-refractivity contribution in [1.29, 1.82) is 0 Å². The Bertz CT molecular complexity index is 771. The van der Waals surface area contributed by atoms with Crippen molar-refractivity contribution in [1.82, 2.24) is 9.80 Å². The minimum Gasteiger partial charge on any atom is -0.296 e. The molecule has 0 aromatic heterocycles. The van der Waals surface area contributed by atoms with E-state index in [0.29, 0.717) is 31.5 Å². The second-order valence-corrected chi connectivity index (χ2v) is 8.09. The average molecular weight is 384 g/mol. The van der Waals surface area contributed by atoms with Crippen molar-refractivity contribution in [3.63, 3.8) is 0 Å². The summed E-state index contributed by atoms with van der Waals surface area (Å²) in [4.78, 5) is 41.1. The van der Waals surface area contributed by atoms with E-state index in [4.69, 9.17) is 0 Å². The number of carbonyl (C=O) groups is 3. The van der Waals surface area contributed by atoms with Crippen molar-refractivity contribution in [2.24, 2.45) is 17.8 Å². The van der Waals surface area contributed by atoms with Gasteiger partial charge in [-0.05, 0) is 69.0 Å². The summed E-state index contributed by atoms with van der Waals surface area (Å²) in [5, 5.41) is 0. The quantitative estimate of drug-likeness (QED) is 0.445. The molecule has 0 N–H and O–H groups in total. The topological polar surface area (TPSA) is 57.7 Å². The van der Waals surface area contributed by atoms with E-state index in [1.165, 1.54) is 29.2 Å². The van der Waals surface area contributed by atoms with Crippen LogP contribution in [0.5, 0.6) is 0 Å². The van der Waals surface area contributed by atoms with Crippen LogP contribution in [0.15, 0.2) is 36.4 Å². The molecular formula is C22H25FN2O3. The molecule has 5 nitrogen and oxygen atoms in total. The fourth-order valence-electron chi connectivity index (χ4n) is 4.56. The zero-order valence-electron chi connectivity index (χ0n) is 15.9. The Morgan fingerprint density at radius 3 is 2.11 bits per heavy atom. The Morgan fingerprint density at radius 1 is 0.964 bits per heavy atom. The number of piperidine rings is 1. The van der Waals surface area contributed by atoms with Gasteiger partial charge in [0.05, 0.1) is 18.4 Å². The number of halogens is 1. The van der Waals surface area contributed by atoms with Crippen LogP contribution >= 0.6 is 0 Å². The fraction of sp³-hybridized carbons (Fsp3) is 0.500. The van der Waals surface area contributed by atoms with Crippen LogP contribution in [0.1, 0.15) is 36.0 Å². The molecule has 2 atom stereocenters. The molecule has 2 heterocycles. The zero-order chi connectivity index (χ0) is 19.7. The van der Waals surface area contributed by atoms with Gasteiger partial charge in [-0.3, -0.25) is 24.2 Å². The number of hydrogen-bond donors (Lipinski definition) is 0. The minimum absolute atomic E-state index is 0.00623. The number of rotatable bonds is 5. The first-order chi connectivity index (χ1) is 13.5. The van der Waals surface area contributed by atoms with E-state index < -0.39 is 0 Å². The molecular weight excluding hydrogens is 359 g/mol. The van der Waals surface area contributed by atoms with Crippen molar-refractivity contribution in [3.05, 3.63) is 47.8 Å². The van der Waals surface area contributed by atoms with Crippen LogP contribution in [0.25, 0.3) is 0 Å². The first kappa shape index (κ1) is 19.0. The number of benzene rings is 1. The lowest BCUT2D eigenvalue weighted by Crippen LogP contribution is -2.42. The molecule has 2 aliphatic heterocycles. The number of fused-ring (bicyclic) bond motifs is 1. The predicted molar refractivity (Wildman–Crippen MR) is 102 cm³/mol. The van der Waals surface area contributed by atoms with Crippen LogP contribution in [0.2, 0.25) is 0 Å². The Hall–Kier alpha value is -2.34. The van der Waals surface area contributed by atoms with Crippen LogP contribution in [0, 0.1) is 23.6 Å². The monoisotopic (exact) mass is 384 g/mol. The molecule has 1 aromatic rings. The average Bonchev–Trinajstić information content (AvgIpc) is 2.95. The summed E-state index contributed by atoms with van der Waals surface area (Å²) in [7, 11) is 0. The van der Waals surface area contributed by atoms with Crippen LogP contribution in [0.3, 0.4) is 0 Å². The Kier molecular flexibility index (Phi) is 5.40. The van der Waals surface area contributed by atoms with E-state index in [-0.39, 0.29) is 41.2 Å². The summed E-state index contributed by atoms with van der Waals surface area (Å²) < 4.78 is 13.0. The second kappa shape index (κ2) is 7.95. The number of carbonyl (C=O) groups excluding carboxylic acids is 3. The van der Waals surface area contributed by atoms with E-state index in [9.17, 15) is 18.8 Å². The third-order valence-corrected chi connectivity index (χ3v) is 6.28. The summed E-state index contributed by atoms with van der Waals surface area (Å²) in [6, 6.07) is 5.64. The van der Waals surface area contributed by atoms with Crippen molar-refractivity contribution in [3.8, 4) is 0 Å². The van der Waals surface area contributed by atoms with Crippen LogP contribution < -0.4 is 0 Å². The first-order valence-corrected chi connectivity index (χ1v) is 10.0. The molecule has 3 aliphatic rings. The predicted octanol–water partition coefficient (Wildman–Crippen LogP) is 2.67. The highest BCUT2D eigenvalue weighted by Crippen LogP contribution is 2.36. The van der Waals surface area contributed by atoms with Gasteiger partial charge in [0.1, 0.15) is 5.82 Å². The van der Waals surface area contributed by atoms with Gasteiger partial charge in [-0.15, -0.1) is 0 Å². The lowest BCUT2D eigenvalue weighted by Gasteiger charge is -2.33. The number of Topliss-reactive ketones (excluding diaryl/α,β-unsaturated/α-hetero) is 1. The van der Waals surface area contributed by atoms with Gasteiger partial charge in [0.2, 0.25) is 11.8 Å². The molecule has 4 rings (SSSR count). The van der Waals surface area contributed by atoms with Gasteiger partial charge in [-0.25, -0.2) is 4.39 Å². The van der Waals surface area contributed by atoms with E-state index in [2.05, 4.69) is 4.90 Å². The van der Waals surface area contributed by atoms with Crippen molar-refractivity contribution < 1.29 is 18.8 Å². The normalized spacial score (nSPS) is 26.0. The molecule has 0 radical (unpaired) electrons. The Labute approximate surface area is 164 Å². The second-order valence-electron chi connectivity index (χ2n) is 8.09. The Morgan fingerprint density at radius 2 is 1.54 bits per heavy atom. The first-order valence-electron chi connectivity index (χ1n) is 10.0. The molecule has 0 unspecified atom stereocenters. The van der Waals surface area contributed by atoms with Crippen LogP contribution in [-0.2, 0) is 9.59 Å². The number of likely N-dealkylation sites (tertiary alicyclic amines) is 2. The molecule has 1 aliphatic carbocycles. The lowest BCUT2D eigenvalue weighted by atomic mass is 9.85. The third-order valence-electron chi connectivity index (χ3n) is 6.28. The van der Waals surface area contributed by atoms with Gasteiger partial charge in [0.25, 0.3) is 0 Å². The maximum Gasteiger partial charge on any atom is 0.233 e. The van der Waals surface area contributed by atoms with Crippen LogP contribution in [0.4, 0.5) is 4.39 Å². The van der Waals surface area contributed by atoms with Crippen LogP contribution in [-0.4, -0.2) is 53.6 Å². The molecule has 148 valence electrons. The zero-order valence-corrected chi connectivity index (χ0v) is 15.9. The maximum absolute atomic E-state index is 13.0. The van der Waals surface area contributed by atoms with E-state index >= 15 is 0 Å². The highest BCUT2D eigenvalue weighted by atomic mass is 19.1. The van der Waals surface area contributed by atoms with Crippen molar-refractivity contribution in [2.75, 3.05) is 26.2 Å². The number of ketones is 1. The van der Waals surface area contributed by atoms with Gasteiger partial charge in [0.15, 0.2) is 5.78 Å². The molecule has 0 saturated carbocycles. The summed E-state index contributed by atoms with van der Waals surface area (Å²) >= 11 is 0. The molecule has 0 spiro atoms. The molecule has 2 amide bonds. The summed E-state index contributed by atoms with van der Waals surface area (Å²) in [5.74, 6) is -0.407. The van der Waals surface area contributed by atoms with Gasteiger partial charge in [-0.2, -0.15) is 0 Å². The van der Waals surface area contributed by atoms with Crippen molar-refractivity contribution in [2.45, 2.75) is 25.7 Å². The van der Waals surface area contributed by atoms with Gasteiger partial charge in [0, 0.05) is 12.1 Å². The fourth-order valence-corrected chi connectivity index (χ4v) is 4.56. The number of allylic oxidation sites excluding steroid dienone is 2. The SMILES string of the molecule is O=C(CN1CCC(CN2C(=O)[C@H]3CC=CC[C@H]3C2=O)CC1)c1ccc(F)cc1. The molecule has 2 saturated heterocycles. The molecule has 1 aromatic carbocycles. The number of imide groups is 1. The largest absolute Gasteiger partial charge is 0.296 e. The molecule has 6 heteroatoms. The summed E-state index contributed by atoms with van der Waals surface area (Å²) in [6.07, 6.45) is 7.09. The molecule has 0 bridgehead atoms. The smallest absolute Gasteiger partial charge is 0.233 e. The summed E-state index contributed by atoms with van der Waals surface area (Å²) in [5.41, 5.74) is 0.521. The third kappa shape index (κ3) is 3.78. The number of hydrogen-bond acceptors (Lipinski definition) is 4. The Balaban J connectivity index is 1.28. The van der Waals surface area contributed by atoms with E-state index in [1.807, 2.05) is 12.2 Å². The highest BCUT2D eigenvalue weighted by Gasteiger charge is 2.47. The number of amides is 2. The summed E-state index contributed by atoms with van der Waals surface area (Å²) in [6.45, 7) is 2.35. The van der Waals surface area contributed by atoms with Gasteiger partial charge < -0.3 is 0 Å². The maximum atomic E-state index is 13.0. The van der Waals surface area contributed by atoms with E-state index in [0.717, 1.165) is 25.9 Å². The van der Waals surface area contributed by atoms with Gasteiger partial charge >= 0.3 is 0 Å². The van der Waals surface area contributed by atoms with E-state index in [1.54, 1.807) is 0 Å². The van der Waals surface area contributed by atoms with Crippen molar-refractivity contribution >= 4 is 17.6 Å². The minimum atomic E-state index is -0.348. The van der Waals surface area contributed by atoms with Gasteiger partial charge in [-0.1, -0.05) is 12.2 Å². The standard InChI is InChI=1S/C22H25FN2O3/c23-17-7-5-16(6-8-17)20(26)14-24-11-9-15(10-12-24)13-25-21(27)18-3-1-2-4-19(18)22(25)28/h1-2,5-8,15,18-19H,3-4,9-14H2/t18-,19+. The number of nitrogens with zero attached hydrogens (tertiary/aromatic N) is 2. The molecule has 28 heavy (non-hydrogen) atoms. The lowest BCUT2D eigenvalue weighted by molar-refractivity contribution is -0.140. The highest BCUT2D eigenvalue weighted by molar-refractivity contribution is 6.05. The molecule has 2 fully saturated rings.